The molecule has 0 spiro atoms. The number of benzene rings is 3. The molecule has 1 saturated carbocycles. The van der Waals surface area contributed by atoms with Gasteiger partial charge in [-0.1, -0.05) is 50.1 Å². The van der Waals surface area contributed by atoms with Gasteiger partial charge in [-0.25, -0.2) is 12.8 Å². The number of rotatable bonds is 12. The molecule has 4 rings (SSSR count). The highest BCUT2D eigenvalue weighted by Crippen LogP contribution is 2.25. The first kappa shape index (κ1) is 30.0. The maximum atomic E-state index is 14.1. The topological polar surface area (TPSA) is 96.0 Å². The molecule has 1 aliphatic rings. The molecule has 0 aliphatic heterocycles. The summed E-state index contributed by atoms with van der Waals surface area (Å²) in [7, 11) is -2.69. The predicted octanol–water partition coefficient (Wildman–Crippen LogP) is 4.90. The summed E-state index contributed by atoms with van der Waals surface area (Å²) in [5.41, 5.74) is 1.04. The summed E-state index contributed by atoms with van der Waals surface area (Å²) >= 11 is 0. The van der Waals surface area contributed by atoms with Crippen LogP contribution in [0, 0.1) is 5.82 Å². The number of sulfonamides is 1. The molecular weight excluding hydrogens is 545 g/mol. The smallest absolute Gasteiger partial charge is 0.264 e. The van der Waals surface area contributed by atoms with Gasteiger partial charge in [-0.2, -0.15) is 0 Å². The van der Waals surface area contributed by atoms with E-state index in [-0.39, 0.29) is 29.1 Å². The number of carbonyl (C=O) groups is 2. The van der Waals surface area contributed by atoms with Crippen LogP contribution in [-0.2, 0) is 26.2 Å². The third-order valence-corrected chi connectivity index (χ3v) is 9.11. The van der Waals surface area contributed by atoms with Crippen LogP contribution in [0.2, 0.25) is 0 Å². The highest BCUT2D eigenvalue weighted by molar-refractivity contribution is 7.92. The molecule has 0 radical (unpaired) electrons. The average Bonchev–Trinajstić information content (AvgIpc) is 3.49. The first-order chi connectivity index (χ1) is 19.7. The molecule has 1 aliphatic carbocycles. The van der Waals surface area contributed by atoms with Gasteiger partial charge in [0.05, 0.1) is 17.7 Å². The Morgan fingerprint density at radius 2 is 1.61 bits per heavy atom. The molecule has 41 heavy (non-hydrogen) atoms. The van der Waals surface area contributed by atoms with Crippen LogP contribution in [0.1, 0.15) is 44.6 Å². The maximum Gasteiger partial charge on any atom is 0.264 e. The third kappa shape index (κ3) is 7.43. The zero-order chi connectivity index (χ0) is 29.4. The number of methoxy groups -OCH3 is 1. The lowest BCUT2D eigenvalue weighted by molar-refractivity contribution is -0.140. The van der Waals surface area contributed by atoms with Crippen LogP contribution in [0.25, 0.3) is 0 Å². The van der Waals surface area contributed by atoms with Gasteiger partial charge in [0.2, 0.25) is 11.8 Å². The normalized spacial score (nSPS) is 14.3. The molecule has 0 aromatic heterocycles. The molecule has 10 heteroatoms. The maximum absolute atomic E-state index is 14.1. The van der Waals surface area contributed by atoms with Crippen LogP contribution in [0.15, 0.2) is 83.8 Å². The second-order valence-corrected chi connectivity index (χ2v) is 11.9. The molecule has 0 saturated heterocycles. The molecule has 1 atom stereocenters. The molecule has 218 valence electrons. The minimum absolute atomic E-state index is 0.0640. The van der Waals surface area contributed by atoms with E-state index in [1.54, 1.807) is 49.6 Å². The Hall–Kier alpha value is -3.92. The highest BCUT2D eigenvalue weighted by atomic mass is 32.2. The van der Waals surface area contributed by atoms with Crippen LogP contribution < -0.4 is 14.4 Å². The molecule has 1 fully saturated rings. The quantitative estimate of drug-likeness (QED) is 0.329. The molecule has 1 N–H and O–H groups in total. The molecule has 3 aromatic carbocycles. The first-order valence-electron chi connectivity index (χ1n) is 13.8. The van der Waals surface area contributed by atoms with Crippen molar-refractivity contribution in [3.63, 3.8) is 0 Å². The van der Waals surface area contributed by atoms with E-state index in [4.69, 9.17) is 4.74 Å². The Kier molecular flexibility index (Phi) is 9.99. The van der Waals surface area contributed by atoms with E-state index in [9.17, 15) is 22.4 Å². The number of anilines is 1. The van der Waals surface area contributed by atoms with Gasteiger partial charge in [-0.15, -0.1) is 0 Å². The van der Waals surface area contributed by atoms with Gasteiger partial charge in [-0.05, 0) is 73.4 Å². The zero-order valence-electron chi connectivity index (χ0n) is 23.3. The van der Waals surface area contributed by atoms with Gasteiger partial charge in [0.15, 0.2) is 0 Å². The van der Waals surface area contributed by atoms with Crippen molar-refractivity contribution in [2.45, 2.75) is 62.6 Å². The van der Waals surface area contributed by atoms with Crippen LogP contribution >= 0.6 is 0 Å². The number of nitrogens with one attached hydrogen (secondary N) is 1. The molecule has 0 bridgehead atoms. The monoisotopic (exact) mass is 581 g/mol. The molecule has 0 unspecified atom stereocenters. The number of nitrogens with zero attached hydrogens (tertiary/aromatic N) is 2. The molecular formula is C31H36FN3O5S. The summed E-state index contributed by atoms with van der Waals surface area (Å²) in [4.78, 5) is 28.9. The Labute approximate surface area is 241 Å². The summed E-state index contributed by atoms with van der Waals surface area (Å²) in [6, 6.07) is 19.2. The molecule has 8 nitrogen and oxygen atoms in total. The second kappa shape index (κ2) is 13.6. The minimum atomic E-state index is -4.25. The third-order valence-electron chi connectivity index (χ3n) is 7.32. The zero-order valence-corrected chi connectivity index (χ0v) is 24.1. The number of hydrogen-bond acceptors (Lipinski definition) is 5. The van der Waals surface area contributed by atoms with Crippen molar-refractivity contribution in [3.05, 3.63) is 90.2 Å². The largest absolute Gasteiger partial charge is 0.497 e. The summed E-state index contributed by atoms with van der Waals surface area (Å²) in [6.45, 7) is 1.38. The standard InChI is InChI=1S/C31H36FN3O5S/c1-3-29(31(37)33-25-9-7-8-10-25)34(21-23-13-17-27(40-2)18-14-23)30(36)22-35(26-11-5-4-6-12-26)41(38,39)28-19-15-24(32)16-20-28/h4-6,11-20,25,29H,3,7-10,21-22H2,1-2H3,(H,33,37)/t29-/m0/s1. The van der Waals surface area contributed by atoms with E-state index in [0.717, 1.165) is 47.7 Å². The highest BCUT2D eigenvalue weighted by Gasteiger charge is 2.34. The van der Waals surface area contributed by atoms with Crippen LogP contribution in [-0.4, -0.2) is 50.9 Å². The Balaban J connectivity index is 1.69. The van der Waals surface area contributed by atoms with Gasteiger partial charge in [-0.3, -0.25) is 13.9 Å². The minimum Gasteiger partial charge on any atom is -0.497 e. The van der Waals surface area contributed by atoms with Crippen molar-refractivity contribution in [1.82, 2.24) is 10.2 Å². The van der Waals surface area contributed by atoms with Crippen molar-refractivity contribution in [1.29, 1.82) is 0 Å². The Morgan fingerprint density at radius 3 is 2.20 bits per heavy atom. The number of ether oxygens (including phenoxy) is 1. The van der Waals surface area contributed by atoms with Crippen molar-refractivity contribution in [2.75, 3.05) is 18.0 Å². The first-order valence-corrected chi connectivity index (χ1v) is 15.2. The van der Waals surface area contributed by atoms with E-state index in [0.29, 0.717) is 12.2 Å². The van der Waals surface area contributed by atoms with Gasteiger partial charge in [0.25, 0.3) is 10.0 Å². The number of amides is 2. The van der Waals surface area contributed by atoms with E-state index < -0.39 is 34.3 Å². The van der Waals surface area contributed by atoms with Crippen molar-refractivity contribution < 1.29 is 27.1 Å². The van der Waals surface area contributed by atoms with E-state index >= 15 is 0 Å². The van der Waals surface area contributed by atoms with Crippen molar-refractivity contribution in [3.8, 4) is 5.75 Å². The fraction of sp³-hybridized carbons (Fsp3) is 0.355. The number of halogens is 1. The van der Waals surface area contributed by atoms with E-state index in [2.05, 4.69) is 5.32 Å². The SMILES string of the molecule is CC[C@@H](C(=O)NC1CCCC1)N(Cc1ccc(OC)cc1)C(=O)CN(c1ccccc1)S(=O)(=O)c1ccc(F)cc1. The summed E-state index contributed by atoms with van der Waals surface area (Å²) in [5.74, 6) is -0.716. The Morgan fingerprint density at radius 1 is 0.976 bits per heavy atom. The fourth-order valence-electron chi connectivity index (χ4n) is 5.07. The summed E-state index contributed by atoms with van der Waals surface area (Å²) < 4.78 is 47.4. The van der Waals surface area contributed by atoms with Gasteiger partial charge in [0, 0.05) is 12.6 Å². The van der Waals surface area contributed by atoms with Crippen molar-refractivity contribution >= 4 is 27.5 Å². The molecule has 2 amide bonds. The average molecular weight is 582 g/mol. The number of hydrogen-bond donors (Lipinski definition) is 1. The fourth-order valence-corrected chi connectivity index (χ4v) is 6.49. The van der Waals surface area contributed by atoms with E-state index in [1.807, 2.05) is 19.1 Å². The lowest BCUT2D eigenvalue weighted by Gasteiger charge is -2.33. The number of carbonyl (C=O) groups excluding carboxylic acids is 2. The van der Waals surface area contributed by atoms with E-state index in [1.165, 1.54) is 17.0 Å². The Bertz CT molecular complexity index is 1410. The lowest BCUT2D eigenvalue weighted by atomic mass is 10.1. The second-order valence-electron chi connectivity index (χ2n) is 10.1. The summed E-state index contributed by atoms with van der Waals surface area (Å²) in [5, 5.41) is 3.10. The molecule has 0 heterocycles. The van der Waals surface area contributed by atoms with Gasteiger partial charge < -0.3 is 15.0 Å². The van der Waals surface area contributed by atoms with Crippen LogP contribution in [0.5, 0.6) is 5.75 Å². The van der Waals surface area contributed by atoms with Gasteiger partial charge in [0.1, 0.15) is 24.2 Å². The lowest BCUT2D eigenvalue weighted by Crippen LogP contribution is -2.53. The summed E-state index contributed by atoms with van der Waals surface area (Å²) in [6.07, 6.45) is 4.22. The predicted molar refractivity (Wildman–Crippen MR) is 155 cm³/mol. The number of para-hydroxylation sites is 1. The van der Waals surface area contributed by atoms with Gasteiger partial charge >= 0.3 is 0 Å². The van der Waals surface area contributed by atoms with Crippen LogP contribution in [0.4, 0.5) is 10.1 Å². The van der Waals surface area contributed by atoms with Crippen molar-refractivity contribution in [2.24, 2.45) is 0 Å². The van der Waals surface area contributed by atoms with Crippen LogP contribution in [0.3, 0.4) is 0 Å². The molecule has 3 aromatic rings.